The third-order valence-electron chi connectivity index (χ3n) is 2.32. The van der Waals surface area contributed by atoms with Crippen LogP contribution in [-0.4, -0.2) is 16.1 Å². The Kier molecular flexibility index (Phi) is 3.94. The third kappa shape index (κ3) is 2.87. The van der Waals surface area contributed by atoms with Crippen LogP contribution in [0, 0.1) is 0 Å². The fourth-order valence-electron chi connectivity index (χ4n) is 1.56. The lowest BCUT2D eigenvalue weighted by Crippen LogP contribution is -1.88. The lowest BCUT2D eigenvalue weighted by molar-refractivity contribution is -0.131. The van der Waals surface area contributed by atoms with Gasteiger partial charge < -0.3 is 9.52 Å². The van der Waals surface area contributed by atoms with Crippen LogP contribution >= 0.6 is 11.3 Å². The van der Waals surface area contributed by atoms with Crippen LogP contribution in [0.2, 0.25) is 0 Å². The number of aryl methyl sites for hydroxylation is 1. The van der Waals surface area contributed by atoms with Gasteiger partial charge in [0.15, 0.2) is 10.8 Å². The van der Waals surface area contributed by atoms with Crippen molar-refractivity contribution in [1.29, 1.82) is 0 Å². The maximum atomic E-state index is 10.6. The summed E-state index contributed by atoms with van der Waals surface area (Å²) in [5.74, 6) is -0.238. The first-order valence-electron chi connectivity index (χ1n) is 5.65. The van der Waals surface area contributed by atoms with Crippen LogP contribution in [0.3, 0.4) is 0 Å². The highest BCUT2D eigenvalue weighted by Crippen LogP contribution is 2.30. The minimum absolute atomic E-state index is 0.715. The summed E-state index contributed by atoms with van der Waals surface area (Å²) < 4.78 is 5.30. The second-order valence-electron chi connectivity index (χ2n) is 3.73. The highest BCUT2D eigenvalue weighted by molar-refractivity contribution is 7.16. The molecule has 0 aliphatic heterocycles. The van der Waals surface area contributed by atoms with E-state index in [1.54, 1.807) is 12.3 Å². The Morgan fingerprint density at radius 2 is 2.44 bits per heavy atom. The van der Waals surface area contributed by atoms with Crippen molar-refractivity contribution in [2.45, 2.75) is 19.8 Å². The van der Waals surface area contributed by atoms with E-state index in [1.165, 1.54) is 11.3 Å². The fraction of sp³-hybridized carbons (Fsp3) is 0.231. The molecular weight excluding hydrogens is 250 g/mol. The largest absolute Gasteiger partial charge is 0.478 e. The maximum Gasteiger partial charge on any atom is 0.328 e. The molecule has 1 N–H and O–H groups in total. The van der Waals surface area contributed by atoms with E-state index in [4.69, 9.17) is 9.52 Å². The lowest BCUT2D eigenvalue weighted by atomic mass is 10.2. The van der Waals surface area contributed by atoms with Gasteiger partial charge in [-0.1, -0.05) is 13.3 Å². The number of rotatable bonds is 5. The molecule has 94 valence electrons. The number of nitrogens with zero attached hydrogens (tertiary/aromatic N) is 1. The van der Waals surface area contributed by atoms with Gasteiger partial charge in [-0.3, -0.25) is 0 Å². The summed E-state index contributed by atoms with van der Waals surface area (Å²) in [5, 5.41) is 9.45. The molecule has 0 atom stereocenters. The van der Waals surface area contributed by atoms with Crippen LogP contribution in [0.5, 0.6) is 0 Å². The smallest absolute Gasteiger partial charge is 0.328 e. The Balaban J connectivity index is 2.35. The van der Waals surface area contributed by atoms with Gasteiger partial charge in [-0.25, -0.2) is 9.78 Å². The molecule has 2 aromatic rings. The molecule has 0 radical (unpaired) electrons. The molecule has 0 aliphatic carbocycles. The van der Waals surface area contributed by atoms with E-state index in [0.717, 1.165) is 34.5 Å². The normalized spacial score (nSPS) is 11.2. The summed E-state index contributed by atoms with van der Waals surface area (Å²) in [6, 6.07) is 3.65. The van der Waals surface area contributed by atoms with Gasteiger partial charge in [0.1, 0.15) is 0 Å². The van der Waals surface area contributed by atoms with Gasteiger partial charge in [-0.2, -0.15) is 0 Å². The van der Waals surface area contributed by atoms with E-state index in [2.05, 4.69) is 11.9 Å². The molecule has 0 aromatic carbocycles. The molecule has 18 heavy (non-hydrogen) atoms. The molecule has 2 heterocycles. The minimum Gasteiger partial charge on any atom is -0.478 e. The maximum absolute atomic E-state index is 10.6. The summed E-state index contributed by atoms with van der Waals surface area (Å²) in [6.07, 6.45) is 6.13. The number of hydrogen-bond donors (Lipinski definition) is 1. The van der Waals surface area contributed by atoms with E-state index in [-0.39, 0.29) is 0 Å². The van der Waals surface area contributed by atoms with Crippen molar-refractivity contribution in [3.8, 4) is 10.8 Å². The first-order valence-corrected chi connectivity index (χ1v) is 6.47. The zero-order valence-corrected chi connectivity index (χ0v) is 10.7. The number of thiazole rings is 1. The Hall–Kier alpha value is -1.88. The molecule has 5 heteroatoms. The number of furan rings is 1. The summed E-state index contributed by atoms with van der Waals surface area (Å²) >= 11 is 1.44. The van der Waals surface area contributed by atoms with E-state index < -0.39 is 5.97 Å². The van der Waals surface area contributed by atoms with Crippen LogP contribution in [0.15, 0.2) is 28.9 Å². The zero-order chi connectivity index (χ0) is 13.0. The van der Waals surface area contributed by atoms with Crippen molar-refractivity contribution in [2.24, 2.45) is 0 Å². The Labute approximate surface area is 109 Å². The average molecular weight is 263 g/mol. The van der Waals surface area contributed by atoms with Gasteiger partial charge >= 0.3 is 5.97 Å². The number of aliphatic carboxylic acids is 1. The van der Waals surface area contributed by atoms with Gasteiger partial charge in [0.05, 0.1) is 16.8 Å². The molecule has 0 bridgehead atoms. The van der Waals surface area contributed by atoms with E-state index in [1.807, 2.05) is 12.1 Å². The van der Waals surface area contributed by atoms with Gasteiger partial charge in [-0.15, -0.1) is 11.3 Å². The Bertz CT molecular complexity index is 555. The summed E-state index contributed by atoms with van der Waals surface area (Å²) in [7, 11) is 0. The molecule has 4 nitrogen and oxygen atoms in total. The predicted molar refractivity (Wildman–Crippen MR) is 70.5 cm³/mol. The van der Waals surface area contributed by atoms with Gasteiger partial charge in [0, 0.05) is 6.08 Å². The van der Waals surface area contributed by atoms with Crippen LogP contribution in [0.25, 0.3) is 16.8 Å². The summed E-state index contributed by atoms with van der Waals surface area (Å²) in [6.45, 7) is 2.07. The monoisotopic (exact) mass is 263 g/mol. The van der Waals surface area contributed by atoms with Crippen molar-refractivity contribution in [3.63, 3.8) is 0 Å². The van der Waals surface area contributed by atoms with Crippen LogP contribution in [0.4, 0.5) is 0 Å². The zero-order valence-electron chi connectivity index (χ0n) is 9.92. The first kappa shape index (κ1) is 12.6. The van der Waals surface area contributed by atoms with Gasteiger partial charge in [0.25, 0.3) is 0 Å². The molecule has 0 saturated carbocycles. The quantitative estimate of drug-likeness (QED) is 0.839. The number of carboxylic acid groups (broad SMARTS) is 1. The molecular formula is C13H13NO3S. The molecule has 0 amide bonds. The number of aromatic nitrogens is 1. The first-order chi connectivity index (χ1) is 8.70. The van der Waals surface area contributed by atoms with E-state index in [9.17, 15) is 4.79 Å². The predicted octanol–water partition coefficient (Wildman–Crippen LogP) is 3.45. The molecule has 0 saturated heterocycles. The fourth-order valence-corrected chi connectivity index (χ4v) is 2.54. The SMILES string of the molecule is CCCc1nc(-c2ccco2)sc1/C=C/C(=O)O. The van der Waals surface area contributed by atoms with Crippen molar-refractivity contribution < 1.29 is 14.3 Å². The van der Waals surface area contributed by atoms with E-state index in [0.29, 0.717) is 5.76 Å². The van der Waals surface area contributed by atoms with Crippen molar-refractivity contribution in [2.75, 3.05) is 0 Å². The minimum atomic E-state index is -0.953. The van der Waals surface area contributed by atoms with Gasteiger partial charge in [-0.05, 0) is 24.6 Å². The molecule has 0 unspecified atom stereocenters. The van der Waals surface area contributed by atoms with Crippen LogP contribution in [0.1, 0.15) is 23.9 Å². The molecule has 2 rings (SSSR count). The van der Waals surface area contributed by atoms with Crippen LogP contribution < -0.4 is 0 Å². The van der Waals surface area contributed by atoms with E-state index >= 15 is 0 Å². The number of carboxylic acids is 1. The molecule has 0 spiro atoms. The highest BCUT2D eigenvalue weighted by atomic mass is 32.1. The second kappa shape index (κ2) is 5.64. The Morgan fingerprint density at radius 1 is 1.61 bits per heavy atom. The lowest BCUT2D eigenvalue weighted by Gasteiger charge is -1.93. The highest BCUT2D eigenvalue weighted by Gasteiger charge is 2.12. The standard InChI is InChI=1S/C13H13NO3S/c1-2-4-9-11(6-7-12(15)16)18-13(14-9)10-5-3-8-17-10/h3,5-8H,2,4H2,1H3,(H,15,16)/b7-6+. The van der Waals surface area contributed by atoms with Crippen LogP contribution in [-0.2, 0) is 11.2 Å². The van der Waals surface area contributed by atoms with Crippen molar-refractivity contribution in [1.82, 2.24) is 4.98 Å². The molecule has 0 fully saturated rings. The summed E-state index contributed by atoms with van der Waals surface area (Å²) in [4.78, 5) is 15.9. The van der Waals surface area contributed by atoms with Gasteiger partial charge in [0.2, 0.25) is 0 Å². The van der Waals surface area contributed by atoms with Crippen molar-refractivity contribution >= 4 is 23.4 Å². The number of carbonyl (C=O) groups is 1. The molecule has 0 aliphatic rings. The molecule has 2 aromatic heterocycles. The third-order valence-corrected chi connectivity index (χ3v) is 3.40. The topological polar surface area (TPSA) is 63.3 Å². The Morgan fingerprint density at radius 3 is 3.06 bits per heavy atom. The average Bonchev–Trinajstić information content (AvgIpc) is 2.95. The number of hydrogen-bond acceptors (Lipinski definition) is 4. The second-order valence-corrected chi connectivity index (χ2v) is 4.76. The van der Waals surface area contributed by atoms with Crippen molar-refractivity contribution in [3.05, 3.63) is 35.0 Å². The summed E-state index contributed by atoms with van der Waals surface area (Å²) in [5.41, 5.74) is 0.923.